The zero-order chi connectivity index (χ0) is 19.4. The molecule has 0 saturated carbocycles. The first-order valence-electron chi connectivity index (χ1n) is 8.61. The molecule has 1 heterocycles. The summed E-state index contributed by atoms with van der Waals surface area (Å²) < 4.78 is 0. The number of nitrogens with zero attached hydrogens (tertiary/aromatic N) is 2. The third-order valence-corrected chi connectivity index (χ3v) is 5.25. The molecule has 0 aromatic heterocycles. The third-order valence-electron chi connectivity index (χ3n) is 4.16. The van der Waals surface area contributed by atoms with Gasteiger partial charge in [0.05, 0.1) is 5.69 Å². The number of hydrogen-bond donors (Lipinski definition) is 2. The van der Waals surface area contributed by atoms with E-state index < -0.39 is 5.25 Å². The van der Waals surface area contributed by atoms with E-state index in [-0.39, 0.29) is 18.2 Å². The highest BCUT2D eigenvalue weighted by Gasteiger charge is 2.32. The molecular formula is C20H22N4O2S. The molecule has 1 atom stereocenters. The molecule has 2 N–H and O–H groups in total. The van der Waals surface area contributed by atoms with Crippen molar-refractivity contribution in [1.82, 2.24) is 5.32 Å². The predicted molar refractivity (Wildman–Crippen MR) is 112 cm³/mol. The summed E-state index contributed by atoms with van der Waals surface area (Å²) in [5, 5.41) is 5.66. The van der Waals surface area contributed by atoms with Crippen molar-refractivity contribution in [2.75, 3.05) is 24.3 Å². The fraction of sp³-hybridized carbons (Fsp3) is 0.250. The van der Waals surface area contributed by atoms with Gasteiger partial charge in [0.1, 0.15) is 5.25 Å². The van der Waals surface area contributed by atoms with Gasteiger partial charge in [-0.15, -0.1) is 0 Å². The number of carbonyl (C=O) groups excluding carboxylic acids is 2. The Hall–Kier alpha value is -2.80. The average molecular weight is 382 g/mol. The molecule has 1 aliphatic rings. The summed E-state index contributed by atoms with van der Waals surface area (Å²) in [6.07, 6.45) is 0.101. The van der Waals surface area contributed by atoms with Crippen molar-refractivity contribution in [3.8, 4) is 0 Å². The number of aryl methyl sites for hydroxylation is 1. The van der Waals surface area contributed by atoms with Crippen LogP contribution >= 0.6 is 11.8 Å². The van der Waals surface area contributed by atoms with Crippen LogP contribution < -0.4 is 15.5 Å². The van der Waals surface area contributed by atoms with Gasteiger partial charge in [0, 0.05) is 31.9 Å². The van der Waals surface area contributed by atoms with Crippen LogP contribution in [0.5, 0.6) is 0 Å². The molecule has 2 aromatic rings. The van der Waals surface area contributed by atoms with E-state index in [1.807, 2.05) is 74.4 Å². The Labute approximate surface area is 163 Å². The summed E-state index contributed by atoms with van der Waals surface area (Å²) >= 11 is 1.29. The number of amidine groups is 1. The van der Waals surface area contributed by atoms with Crippen LogP contribution in [0.25, 0.3) is 0 Å². The highest BCUT2D eigenvalue weighted by Crippen LogP contribution is 2.26. The van der Waals surface area contributed by atoms with Gasteiger partial charge in [0.2, 0.25) is 11.8 Å². The Morgan fingerprint density at radius 2 is 1.89 bits per heavy atom. The first-order chi connectivity index (χ1) is 12.9. The summed E-state index contributed by atoms with van der Waals surface area (Å²) in [6, 6.07) is 15.3. The first-order valence-corrected chi connectivity index (χ1v) is 9.49. The molecule has 3 rings (SSSR count). The lowest BCUT2D eigenvalue weighted by atomic mass is 10.2. The molecule has 0 radical (unpaired) electrons. The summed E-state index contributed by atoms with van der Waals surface area (Å²) in [6.45, 7) is 1.93. The lowest BCUT2D eigenvalue weighted by Crippen LogP contribution is -2.28. The van der Waals surface area contributed by atoms with E-state index in [2.05, 4.69) is 15.6 Å². The highest BCUT2D eigenvalue weighted by molar-refractivity contribution is 8.15. The molecule has 1 fully saturated rings. The van der Waals surface area contributed by atoms with E-state index in [9.17, 15) is 9.59 Å². The van der Waals surface area contributed by atoms with Crippen LogP contribution in [0, 0.1) is 6.92 Å². The maximum Gasteiger partial charge on any atom is 0.240 e. The fourth-order valence-corrected chi connectivity index (χ4v) is 3.61. The quantitative estimate of drug-likeness (QED) is 0.832. The molecule has 2 amide bonds. The van der Waals surface area contributed by atoms with Crippen LogP contribution in [0.2, 0.25) is 0 Å². The van der Waals surface area contributed by atoms with Crippen LogP contribution in [0.4, 0.5) is 17.1 Å². The van der Waals surface area contributed by atoms with Gasteiger partial charge in [0.25, 0.3) is 0 Å². The normalized spacial score (nSPS) is 17.7. The summed E-state index contributed by atoms with van der Waals surface area (Å²) in [5.74, 6) is -0.378. The summed E-state index contributed by atoms with van der Waals surface area (Å²) in [4.78, 5) is 30.9. The summed E-state index contributed by atoms with van der Waals surface area (Å²) in [7, 11) is 3.95. The second kappa shape index (κ2) is 8.26. The molecule has 0 aliphatic carbocycles. The van der Waals surface area contributed by atoms with E-state index in [0.717, 1.165) is 22.6 Å². The van der Waals surface area contributed by atoms with Crippen LogP contribution in [-0.4, -0.2) is 36.3 Å². The number of carbonyl (C=O) groups is 2. The Morgan fingerprint density at radius 3 is 2.56 bits per heavy atom. The maximum atomic E-state index is 12.3. The van der Waals surface area contributed by atoms with Crippen molar-refractivity contribution in [3.05, 3.63) is 54.1 Å². The highest BCUT2D eigenvalue weighted by atomic mass is 32.2. The molecular weight excluding hydrogens is 360 g/mol. The van der Waals surface area contributed by atoms with Crippen molar-refractivity contribution in [1.29, 1.82) is 0 Å². The average Bonchev–Trinajstić information content (AvgIpc) is 2.96. The monoisotopic (exact) mass is 382 g/mol. The van der Waals surface area contributed by atoms with Gasteiger partial charge in [0.15, 0.2) is 5.17 Å². The van der Waals surface area contributed by atoms with Crippen LogP contribution in [0.15, 0.2) is 53.5 Å². The molecule has 0 spiro atoms. The standard InChI is InChI=1S/C20H22N4O2S/c1-13-6-4-5-7-16(13)22-18(25)12-17-19(26)23-20(27-17)21-14-8-10-15(11-9-14)24(2)3/h4-11,17H,12H2,1-3H3,(H,22,25)(H,21,23,26). The van der Waals surface area contributed by atoms with Gasteiger partial charge in [-0.05, 0) is 42.8 Å². The number of aliphatic imine (C=N–C) groups is 1. The van der Waals surface area contributed by atoms with E-state index in [0.29, 0.717) is 5.17 Å². The van der Waals surface area contributed by atoms with Crippen LogP contribution in [0.1, 0.15) is 12.0 Å². The van der Waals surface area contributed by atoms with E-state index in [1.54, 1.807) is 0 Å². The number of para-hydroxylation sites is 1. The Morgan fingerprint density at radius 1 is 1.19 bits per heavy atom. The minimum absolute atomic E-state index is 0.101. The van der Waals surface area contributed by atoms with Crippen molar-refractivity contribution in [2.24, 2.45) is 4.99 Å². The Kier molecular flexibility index (Phi) is 5.81. The molecule has 6 nitrogen and oxygen atoms in total. The van der Waals surface area contributed by atoms with E-state index >= 15 is 0 Å². The zero-order valence-electron chi connectivity index (χ0n) is 15.5. The SMILES string of the molecule is Cc1ccccc1NC(=O)CC1SC(=Nc2ccc(N(C)C)cc2)NC1=O. The number of rotatable bonds is 5. The van der Waals surface area contributed by atoms with Gasteiger partial charge < -0.3 is 15.5 Å². The molecule has 2 aromatic carbocycles. The van der Waals surface area contributed by atoms with Crippen molar-refractivity contribution >= 4 is 45.8 Å². The van der Waals surface area contributed by atoms with Gasteiger partial charge in [-0.3, -0.25) is 9.59 Å². The minimum Gasteiger partial charge on any atom is -0.378 e. The first kappa shape index (κ1) is 19.0. The molecule has 140 valence electrons. The predicted octanol–water partition coefficient (Wildman–Crippen LogP) is 3.31. The van der Waals surface area contributed by atoms with E-state index in [4.69, 9.17) is 0 Å². The van der Waals surface area contributed by atoms with Gasteiger partial charge in [-0.2, -0.15) is 0 Å². The lowest BCUT2D eigenvalue weighted by molar-refractivity contribution is -0.122. The summed E-state index contributed by atoms with van der Waals surface area (Å²) in [5.41, 5.74) is 3.58. The fourth-order valence-electron chi connectivity index (χ4n) is 2.62. The molecule has 27 heavy (non-hydrogen) atoms. The Bertz CT molecular complexity index is 878. The largest absolute Gasteiger partial charge is 0.378 e. The lowest BCUT2D eigenvalue weighted by Gasteiger charge is -2.11. The molecule has 1 unspecified atom stereocenters. The second-order valence-corrected chi connectivity index (χ2v) is 7.68. The number of thioether (sulfide) groups is 1. The number of nitrogens with one attached hydrogen (secondary N) is 2. The van der Waals surface area contributed by atoms with Gasteiger partial charge >= 0.3 is 0 Å². The second-order valence-electron chi connectivity index (χ2n) is 6.49. The topological polar surface area (TPSA) is 73.8 Å². The van der Waals surface area contributed by atoms with Crippen molar-refractivity contribution in [2.45, 2.75) is 18.6 Å². The van der Waals surface area contributed by atoms with Crippen LogP contribution in [0.3, 0.4) is 0 Å². The van der Waals surface area contributed by atoms with E-state index in [1.165, 1.54) is 11.8 Å². The minimum atomic E-state index is -0.478. The number of anilines is 2. The molecule has 0 bridgehead atoms. The number of hydrogen-bond acceptors (Lipinski definition) is 5. The smallest absolute Gasteiger partial charge is 0.240 e. The number of benzene rings is 2. The molecule has 1 saturated heterocycles. The third kappa shape index (κ3) is 4.89. The van der Waals surface area contributed by atoms with Crippen LogP contribution in [-0.2, 0) is 9.59 Å². The van der Waals surface area contributed by atoms with Crippen molar-refractivity contribution < 1.29 is 9.59 Å². The van der Waals surface area contributed by atoms with Gasteiger partial charge in [-0.1, -0.05) is 30.0 Å². The van der Waals surface area contributed by atoms with Gasteiger partial charge in [-0.25, -0.2) is 4.99 Å². The zero-order valence-corrected chi connectivity index (χ0v) is 16.3. The van der Waals surface area contributed by atoms with Crippen molar-refractivity contribution in [3.63, 3.8) is 0 Å². The maximum absolute atomic E-state index is 12.3. The Balaban J connectivity index is 1.61. The molecule has 1 aliphatic heterocycles. The molecule has 7 heteroatoms. The number of amides is 2.